The van der Waals surface area contributed by atoms with Gasteiger partial charge in [-0.05, 0) is 6.92 Å². The Kier molecular flexibility index (Phi) is 5.05. The zero-order valence-electron chi connectivity index (χ0n) is 13.3. The quantitative estimate of drug-likeness (QED) is 0.805. The highest BCUT2D eigenvalue weighted by Gasteiger charge is 2.27. The number of aryl methyl sites for hydroxylation is 1. The van der Waals surface area contributed by atoms with Gasteiger partial charge in [-0.1, -0.05) is 29.8 Å². The van der Waals surface area contributed by atoms with E-state index in [-0.39, 0.29) is 5.97 Å². The first-order valence-electron chi connectivity index (χ1n) is 7.59. The Bertz CT molecular complexity index is 669. The number of rotatable bonds is 4. The van der Waals surface area contributed by atoms with E-state index in [1.54, 1.807) is 11.3 Å². The summed E-state index contributed by atoms with van der Waals surface area (Å²) in [5, 5.41) is 1.03. The Labute approximate surface area is 139 Å². The van der Waals surface area contributed by atoms with Crippen LogP contribution in [0.2, 0.25) is 0 Å². The van der Waals surface area contributed by atoms with Gasteiger partial charge in [-0.2, -0.15) is 0 Å². The summed E-state index contributed by atoms with van der Waals surface area (Å²) in [6.07, 6.45) is 1.43. The predicted molar refractivity (Wildman–Crippen MR) is 89.3 cm³/mol. The van der Waals surface area contributed by atoms with Crippen LogP contribution in [0, 0.1) is 6.92 Å². The van der Waals surface area contributed by atoms with E-state index in [9.17, 15) is 4.79 Å². The summed E-state index contributed by atoms with van der Waals surface area (Å²) in [5.41, 5.74) is 2.38. The molecule has 3 rings (SSSR count). The largest absolute Gasteiger partial charge is 0.467 e. The number of nitrogens with zero attached hydrogens (tertiary/aromatic N) is 2. The summed E-state index contributed by atoms with van der Waals surface area (Å²) < 4.78 is 10.2. The zero-order valence-corrected chi connectivity index (χ0v) is 14.1. The van der Waals surface area contributed by atoms with Crippen LogP contribution in [0.3, 0.4) is 0 Å². The van der Waals surface area contributed by atoms with E-state index in [0.29, 0.717) is 13.2 Å². The summed E-state index contributed by atoms with van der Waals surface area (Å²) in [6, 6.07) is 8.39. The minimum Gasteiger partial charge on any atom is -0.467 e. The van der Waals surface area contributed by atoms with E-state index in [1.807, 2.05) is 6.20 Å². The summed E-state index contributed by atoms with van der Waals surface area (Å²) in [6.45, 7) is 4.77. The number of ether oxygens (including phenoxy) is 2. The molecular formula is C17H20N2O3S. The molecule has 5 nitrogen and oxygen atoms in total. The highest BCUT2D eigenvalue weighted by Crippen LogP contribution is 2.26. The average Bonchev–Trinajstić information content (AvgIpc) is 3.03. The number of carbonyl (C=O) groups excluding carboxylic acids is 1. The van der Waals surface area contributed by atoms with Gasteiger partial charge in [0.15, 0.2) is 6.10 Å². The molecule has 1 atom stereocenters. The summed E-state index contributed by atoms with van der Waals surface area (Å²) in [5.74, 6) is -0.306. The van der Waals surface area contributed by atoms with E-state index < -0.39 is 6.10 Å². The molecule has 2 aromatic rings. The molecule has 1 aromatic carbocycles. The Hall–Kier alpha value is -1.76. The first-order valence-corrected chi connectivity index (χ1v) is 8.41. The average molecular weight is 332 g/mol. The molecule has 0 amide bonds. The summed E-state index contributed by atoms with van der Waals surface area (Å²) in [7, 11) is 1.39. The third kappa shape index (κ3) is 3.96. The number of hydrogen-bond acceptors (Lipinski definition) is 6. The fraction of sp³-hybridized carbons (Fsp3) is 0.412. The van der Waals surface area contributed by atoms with Gasteiger partial charge in [0.2, 0.25) is 0 Å². The van der Waals surface area contributed by atoms with Crippen LogP contribution in [0.25, 0.3) is 10.6 Å². The Morgan fingerprint density at radius 3 is 2.96 bits per heavy atom. The van der Waals surface area contributed by atoms with E-state index in [2.05, 4.69) is 41.1 Å². The molecule has 1 aromatic heterocycles. The number of carbonyl (C=O) groups is 1. The molecule has 0 radical (unpaired) electrons. The molecule has 6 heteroatoms. The second-order valence-electron chi connectivity index (χ2n) is 5.62. The van der Waals surface area contributed by atoms with Gasteiger partial charge >= 0.3 is 5.97 Å². The SMILES string of the molecule is COC(=O)[C@@H]1CN(Cc2cnc(-c3ccc(C)cc3)s2)CCO1. The molecule has 1 aliphatic rings. The van der Waals surface area contributed by atoms with E-state index in [4.69, 9.17) is 9.47 Å². The second kappa shape index (κ2) is 7.21. The van der Waals surface area contributed by atoms with Gasteiger partial charge in [0, 0.05) is 36.3 Å². The minimum atomic E-state index is -0.488. The Morgan fingerprint density at radius 1 is 1.43 bits per heavy atom. The molecule has 1 saturated heterocycles. The van der Waals surface area contributed by atoms with Crippen molar-refractivity contribution < 1.29 is 14.3 Å². The molecule has 122 valence electrons. The molecule has 1 fully saturated rings. The summed E-state index contributed by atoms with van der Waals surface area (Å²) in [4.78, 5) is 19.5. The maximum atomic E-state index is 11.6. The second-order valence-corrected chi connectivity index (χ2v) is 6.73. The van der Waals surface area contributed by atoms with Crippen LogP contribution in [0.15, 0.2) is 30.5 Å². The van der Waals surface area contributed by atoms with Gasteiger partial charge in [0.1, 0.15) is 5.01 Å². The fourth-order valence-electron chi connectivity index (χ4n) is 2.55. The van der Waals surface area contributed by atoms with Gasteiger partial charge in [-0.25, -0.2) is 9.78 Å². The van der Waals surface area contributed by atoms with Crippen molar-refractivity contribution in [2.24, 2.45) is 0 Å². The molecule has 23 heavy (non-hydrogen) atoms. The lowest BCUT2D eigenvalue weighted by atomic mass is 10.2. The predicted octanol–water partition coefficient (Wildman–Crippen LogP) is 2.49. The molecule has 0 aliphatic carbocycles. The first kappa shape index (κ1) is 16.1. The van der Waals surface area contributed by atoms with Crippen molar-refractivity contribution in [2.45, 2.75) is 19.6 Å². The lowest BCUT2D eigenvalue weighted by Gasteiger charge is -2.30. The van der Waals surface area contributed by atoms with Crippen molar-refractivity contribution in [2.75, 3.05) is 26.8 Å². The van der Waals surface area contributed by atoms with Crippen LogP contribution >= 0.6 is 11.3 Å². The van der Waals surface area contributed by atoms with Gasteiger partial charge in [-0.3, -0.25) is 4.90 Å². The monoisotopic (exact) mass is 332 g/mol. The number of methoxy groups -OCH3 is 1. The highest BCUT2D eigenvalue weighted by molar-refractivity contribution is 7.15. The van der Waals surface area contributed by atoms with Crippen LogP contribution in [0.1, 0.15) is 10.4 Å². The van der Waals surface area contributed by atoms with Crippen molar-refractivity contribution in [3.8, 4) is 10.6 Å². The van der Waals surface area contributed by atoms with Gasteiger partial charge < -0.3 is 9.47 Å². The van der Waals surface area contributed by atoms with Crippen LogP contribution in [0.4, 0.5) is 0 Å². The van der Waals surface area contributed by atoms with Gasteiger partial charge in [-0.15, -0.1) is 11.3 Å². The van der Waals surface area contributed by atoms with Crippen LogP contribution in [0.5, 0.6) is 0 Å². The number of morpholine rings is 1. The minimum absolute atomic E-state index is 0.306. The number of esters is 1. The number of aromatic nitrogens is 1. The van der Waals surface area contributed by atoms with Crippen LogP contribution in [-0.2, 0) is 20.8 Å². The first-order chi connectivity index (χ1) is 11.2. The van der Waals surface area contributed by atoms with Crippen molar-refractivity contribution in [1.29, 1.82) is 0 Å². The van der Waals surface area contributed by atoms with Crippen molar-refractivity contribution in [3.05, 3.63) is 40.9 Å². The molecule has 0 bridgehead atoms. The summed E-state index contributed by atoms with van der Waals surface area (Å²) >= 11 is 1.69. The van der Waals surface area contributed by atoms with E-state index in [1.165, 1.54) is 17.6 Å². The van der Waals surface area contributed by atoms with Crippen molar-refractivity contribution in [1.82, 2.24) is 9.88 Å². The van der Waals surface area contributed by atoms with Gasteiger partial charge in [0.25, 0.3) is 0 Å². The van der Waals surface area contributed by atoms with E-state index >= 15 is 0 Å². The highest BCUT2D eigenvalue weighted by atomic mass is 32.1. The molecular weight excluding hydrogens is 312 g/mol. The smallest absolute Gasteiger partial charge is 0.336 e. The normalized spacial score (nSPS) is 18.8. The molecule has 2 heterocycles. The molecule has 0 saturated carbocycles. The zero-order chi connectivity index (χ0) is 16.2. The number of benzene rings is 1. The van der Waals surface area contributed by atoms with Crippen molar-refractivity contribution in [3.63, 3.8) is 0 Å². The number of hydrogen-bond donors (Lipinski definition) is 0. The molecule has 0 spiro atoms. The molecule has 1 aliphatic heterocycles. The third-order valence-electron chi connectivity index (χ3n) is 3.85. The molecule has 0 N–H and O–H groups in total. The maximum absolute atomic E-state index is 11.6. The lowest BCUT2D eigenvalue weighted by Crippen LogP contribution is -2.45. The topological polar surface area (TPSA) is 51.7 Å². The molecule has 0 unspecified atom stereocenters. The maximum Gasteiger partial charge on any atom is 0.336 e. The third-order valence-corrected chi connectivity index (χ3v) is 4.88. The Morgan fingerprint density at radius 2 is 2.22 bits per heavy atom. The Balaban J connectivity index is 1.64. The van der Waals surface area contributed by atoms with E-state index in [0.717, 1.165) is 23.7 Å². The lowest BCUT2D eigenvalue weighted by molar-refractivity contribution is -0.159. The van der Waals surface area contributed by atoms with Crippen molar-refractivity contribution >= 4 is 17.3 Å². The fourth-order valence-corrected chi connectivity index (χ4v) is 3.51. The number of thiazole rings is 1. The van der Waals surface area contributed by atoms with Gasteiger partial charge in [0.05, 0.1) is 13.7 Å². The standard InChI is InChI=1S/C17H20N2O3S/c1-12-3-5-13(6-4-12)16-18-9-14(23-16)10-19-7-8-22-15(11-19)17(20)21-2/h3-6,9,15H,7-8,10-11H2,1-2H3/t15-/m0/s1. The van der Waals surface area contributed by atoms with Crippen LogP contribution in [-0.4, -0.2) is 48.8 Å². The van der Waals surface area contributed by atoms with Crippen LogP contribution < -0.4 is 0 Å².